The molecule has 1 aliphatic heterocycles. The molecule has 0 aliphatic carbocycles. The van der Waals surface area contributed by atoms with Crippen molar-refractivity contribution in [3.8, 4) is 0 Å². The van der Waals surface area contributed by atoms with Crippen LogP contribution in [0, 0.1) is 0 Å². The number of hydrogen-bond acceptors (Lipinski definition) is 3. The smallest absolute Gasteiger partial charge is 0.0556 e. The summed E-state index contributed by atoms with van der Waals surface area (Å²) in [6.07, 6.45) is 0. The third-order valence-electron chi connectivity index (χ3n) is 1.33. The van der Waals surface area contributed by atoms with Crippen LogP contribution in [0.3, 0.4) is 0 Å². The highest BCUT2D eigenvalue weighted by Crippen LogP contribution is 1.87. The Balaban J connectivity index is 0.000000640. The molecule has 4 heteroatoms. The van der Waals surface area contributed by atoms with Gasteiger partial charge in [0.05, 0.1) is 6.61 Å². The Bertz CT molecular complexity index is 68.0. The van der Waals surface area contributed by atoms with E-state index in [0.717, 1.165) is 19.6 Å². The fourth-order valence-corrected chi connectivity index (χ4v) is 0.702. The Labute approximate surface area is 61.2 Å². The Morgan fingerprint density at radius 1 is 1.56 bits per heavy atom. The zero-order chi connectivity index (χ0) is 5.82. The van der Waals surface area contributed by atoms with Gasteiger partial charge in [-0.05, 0) is 0 Å². The fraction of sp³-hybridized carbons (Fsp3) is 1.00. The van der Waals surface area contributed by atoms with Crippen LogP contribution in [0.5, 0.6) is 0 Å². The molecule has 0 aromatic heterocycles. The van der Waals surface area contributed by atoms with E-state index in [1.54, 1.807) is 0 Å². The lowest BCUT2D eigenvalue weighted by atomic mass is 10.2. The van der Waals surface area contributed by atoms with Gasteiger partial charge in [-0.3, -0.25) is 0 Å². The SMILES string of the molecule is Cl.OCCNC1CNC1. The predicted octanol–water partition coefficient (Wildman–Crippen LogP) is -1.04. The molecule has 1 rings (SSSR count). The van der Waals surface area contributed by atoms with Crippen LogP contribution in [-0.4, -0.2) is 37.4 Å². The molecule has 0 saturated carbocycles. The van der Waals surface area contributed by atoms with E-state index in [1.165, 1.54) is 0 Å². The van der Waals surface area contributed by atoms with Crippen molar-refractivity contribution in [2.75, 3.05) is 26.2 Å². The standard InChI is InChI=1S/C5H12N2O.ClH/c8-2-1-7-5-3-6-4-5;/h5-8H,1-4H2;1H. The first-order valence-corrected chi connectivity index (χ1v) is 2.98. The van der Waals surface area contributed by atoms with Crippen LogP contribution in [0.2, 0.25) is 0 Å². The molecule has 0 aromatic carbocycles. The Kier molecular flexibility index (Phi) is 5.09. The third kappa shape index (κ3) is 3.01. The van der Waals surface area contributed by atoms with Crippen LogP contribution in [0.1, 0.15) is 0 Å². The van der Waals surface area contributed by atoms with Crippen molar-refractivity contribution in [1.29, 1.82) is 0 Å². The minimum absolute atomic E-state index is 0. The van der Waals surface area contributed by atoms with Gasteiger partial charge in [-0.2, -0.15) is 0 Å². The van der Waals surface area contributed by atoms with Crippen molar-refractivity contribution in [2.45, 2.75) is 6.04 Å². The maximum Gasteiger partial charge on any atom is 0.0556 e. The van der Waals surface area contributed by atoms with Crippen LogP contribution in [0.4, 0.5) is 0 Å². The molecule has 3 N–H and O–H groups in total. The fourth-order valence-electron chi connectivity index (χ4n) is 0.702. The van der Waals surface area contributed by atoms with Crippen molar-refractivity contribution >= 4 is 12.4 Å². The minimum atomic E-state index is 0. The second-order valence-electron chi connectivity index (χ2n) is 2.03. The average Bonchev–Trinajstić information content (AvgIpc) is 1.63. The molecule has 0 amide bonds. The van der Waals surface area contributed by atoms with Crippen molar-refractivity contribution in [3.63, 3.8) is 0 Å². The van der Waals surface area contributed by atoms with Gasteiger partial charge in [0, 0.05) is 25.7 Å². The van der Waals surface area contributed by atoms with Gasteiger partial charge in [0.1, 0.15) is 0 Å². The van der Waals surface area contributed by atoms with Gasteiger partial charge in [0.15, 0.2) is 0 Å². The van der Waals surface area contributed by atoms with Crippen molar-refractivity contribution in [1.82, 2.24) is 10.6 Å². The van der Waals surface area contributed by atoms with E-state index >= 15 is 0 Å². The molecule has 0 aromatic rings. The molecule has 9 heavy (non-hydrogen) atoms. The molecule has 1 saturated heterocycles. The van der Waals surface area contributed by atoms with Gasteiger partial charge >= 0.3 is 0 Å². The highest BCUT2D eigenvalue weighted by Gasteiger charge is 2.13. The van der Waals surface area contributed by atoms with Crippen molar-refractivity contribution in [3.05, 3.63) is 0 Å². The zero-order valence-electron chi connectivity index (χ0n) is 5.26. The highest BCUT2D eigenvalue weighted by molar-refractivity contribution is 5.85. The molecule has 1 heterocycles. The van der Waals surface area contributed by atoms with Crippen LogP contribution in [-0.2, 0) is 0 Å². The molecule has 56 valence electrons. The quantitative estimate of drug-likeness (QED) is 0.484. The summed E-state index contributed by atoms with van der Waals surface area (Å²) >= 11 is 0. The van der Waals surface area contributed by atoms with Crippen LogP contribution in [0.15, 0.2) is 0 Å². The van der Waals surface area contributed by atoms with Crippen molar-refractivity contribution < 1.29 is 5.11 Å². The number of nitrogens with one attached hydrogen (secondary N) is 2. The molecule has 0 radical (unpaired) electrons. The first-order valence-electron chi connectivity index (χ1n) is 2.98. The van der Waals surface area contributed by atoms with Gasteiger partial charge in [-0.25, -0.2) is 0 Å². The van der Waals surface area contributed by atoms with Gasteiger partial charge in [0.25, 0.3) is 0 Å². The van der Waals surface area contributed by atoms with E-state index in [9.17, 15) is 0 Å². The maximum atomic E-state index is 8.35. The second kappa shape index (κ2) is 4.99. The lowest BCUT2D eigenvalue weighted by Crippen LogP contribution is -2.55. The van der Waals surface area contributed by atoms with E-state index < -0.39 is 0 Å². The molecule has 0 bridgehead atoms. The number of halogens is 1. The molecule has 1 fully saturated rings. The monoisotopic (exact) mass is 152 g/mol. The minimum Gasteiger partial charge on any atom is -0.395 e. The number of aliphatic hydroxyl groups is 1. The van der Waals surface area contributed by atoms with E-state index in [-0.39, 0.29) is 19.0 Å². The van der Waals surface area contributed by atoms with E-state index in [4.69, 9.17) is 5.11 Å². The maximum absolute atomic E-state index is 8.35. The van der Waals surface area contributed by atoms with Gasteiger partial charge in [0.2, 0.25) is 0 Å². The van der Waals surface area contributed by atoms with Crippen LogP contribution in [0.25, 0.3) is 0 Å². The van der Waals surface area contributed by atoms with E-state index in [0.29, 0.717) is 6.04 Å². The first-order chi connectivity index (χ1) is 3.93. The molecule has 0 spiro atoms. The van der Waals surface area contributed by atoms with Gasteiger partial charge in [-0.15, -0.1) is 12.4 Å². The lowest BCUT2D eigenvalue weighted by Gasteiger charge is -2.27. The summed E-state index contributed by atoms with van der Waals surface area (Å²) in [6, 6.07) is 0.613. The number of hydrogen-bond donors (Lipinski definition) is 3. The normalized spacial score (nSPS) is 18.3. The summed E-state index contributed by atoms with van der Waals surface area (Å²) in [4.78, 5) is 0. The Hall–Kier alpha value is 0.170. The summed E-state index contributed by atoms with van der Waals surface area (Å²) in [5.74, 6) is 0. The number of aliphatic hydroxyl groups excluding tert-OH is 1. The number of rotatable bonds is 3. The second-order valence-corrected chi connectivity index (χ2v) is 2.03. The summed E-state index contributed by atoms with van der Waals surface area (Å²) in [5.41, 5.74) is 0. The van der Waals surface area contributed by atoms with E-state index in [2.05, 4.69) is 10.6 Å². The zero-order valence-corrected chi connectivity index (χ0v) is 6.08. The largest absolute Gasteiger partial charge is 0.395 e. The Morgan fingerprint density at radius 3 is 2.56 bits per heavy atom. The third-order valence-corrected chi connectivity index (χ3v) is 1.33. The molecule has 0 unspecified atom stereocenters. The highest BCUT2D eigenvalue weighted by atomic mass is 35.5. The molecule has 0 atom stereocenters. The summed E-state index contributed by atoms with van der Waals surface area (Å²) in [5, 5.41) is 14.6. The lowest BCUT2D eigenvalue weighted by molar-refractivity contribution is 0.268. The van der Waals surface area contributed by atoms with E-state index in [1.807, 2.05) is 0 Å². The van der Waals surface area contributed by atoms with Crippen LogP contribution >= 0.6 is 12.4 Å². The summed E-state index contributed by atoms with van der Waals surface area (Å²) in [6.45, 7) is 3.09. The predicted molar refractivity (Wildman–Crippen MR) is 39.0 cm³/mol. The Morgan fingerprint density at radius 2 is 2.22 bits per heavy atom. The first kappa shape index (κ1) is 9.17. The van der Waals surface area contributed by atoms with Crippen molar-refractivity contribution in [2.24, 2.45) is 0 Å². The molecular formula is C5H13ClN2O. The summed E-state index contributed by atoms with van der Waals surface area (Å²) in [7, 11) is 0. The molecular weight excluding hydrogens is 140 g/mol. The average molecular weight is 153 g/mol. The molecule has 1 aliphatic rings. The molecule has 3 nitrogen and oxygen atoms in total. The van der Waals surface area contributed by atoms with Gasteiger partial charge in [-0.1, -0.05) is 0 Å². The topological polar surface area (TPSA) is 44.3 Å². The van der Waals surface area contributed by atoms with Gasteiger partial charge < -0.3 is 15.7 Å². The summed E-state index contributed by atoms with van der Waals surface area (Å²) < 4.78 is 0. The van der Waals surface area contributed by atoms with Crippen LogP contribution < -0.4 is 10.6 Å².